The molecule has 2 aliphatic carbocycles. The van der Waals surface area contributed by atoms with E-state index in [0.29, 0.717) is 57.0 Å². The predicted molar refractivity (Wildman–Crippen MR) is 146 cm³/mol. The van der Waals surface area contributed by atoms with Crippen LogP contribution >= 0.6 is 0 Å². The van der Waals surface area contributed by atoms with Crippen LogP contribution in [0.5, 0.6) is 0 Å². The van der Waals surface area contributed by atoms with Crippen LogP contribution in [-0.4, -0.2) is 79.5 Å². The Bertz CT molecular complexity index is 1110. The van der Waals surface area contributed by atoms with Crippen LogP contribution in [0.1, 0.15) is 70.3 Å². The SMILES string of the molecule is C=C1C[C@@H](C(=O)N2CCN(C(CN(C(C)C)S(C)(=O)=O)C3CCCCC3)CC2)[C@H](c2ccc(F)cc2F)C1. The Morgan fingerprint density at radius 3 is 2.32 bits per heavy atom. The van der Waals surface area contributed by atoms with Crippen molar-refractivity contribution < 1.29 is 22.0 Å². The number of carbonyl (C=O) groups excluding carboxylic acids is 1. The first-order valence-corrected chi connectivity index (χ1v) is 15.9. The van der Waals surface area contributed by atoms with Crippen molar-refractivity contribution in [2.24, 2.45) is 11.8 Å². The summed E-state index contributed by atoms with van der Waals surface area (Å²) in [6.07, 6.45) is 8.12. The third kappa shape index (κ3) is 6.65. The molecule has 6 nitrogen and oxygen atoms in total. The predicted octanol–water partition coefficient (Wildman–Crippen LogP) is 4.78. The van der Waals surface area contributed by atoms with Gasteiger partial charge >= 0.3 is 0 Å². The molecule has 0 spiro atoms. The van der Waals surface area contributed by atoms with Gasteiger partial charge in [-0.2, -0.15) is 4.31 Å². The Balaban J connectivity index is 1.46. The van der Waals surface area contributed by atoms with Gasteiger partial charge in [-0.15, -0.1) is 0 Å². The van der Waals surface area contributed by atoms with E-state index in [1.807, 2.05) is 18.7 Å². The number of halogens is 2. The van der Waals surface area contributed by atoms with Gasteiger partial charge in [0.25, 0.3) is 0 Å². The highest BCUT2D eigenvalue weighted by atomic mass is 32.2. The largest absolute Gasteiger partial charge is 0.340 e. The van der Waals surface area contributed by atoms with Gasteiger partial charge in [-0.1, -0.05) is 37.5 Å². The number of sulfonamides is 1. The van der Waals surface area contributed by atoms with E-state index >= 15 is 0 Å². The molecule has 1 saturated heterocycles. The monoisotopic (exact) mass is 551 g/mol. The Labute approximate surface area is 227 Å². The first-order valence-electron chi connectivity index (χ1n) is 14.1. The van der Waals surface area contributed by atoms with E-state index in [2.05, 4.69) is 11.5 Å². The Morgan fingerprint density at radius 1 is 1.08 bits per heavy atom. The molecule has 0 bridgehead atoms. The van der Waals surface area contributed by atoms with Crippen molar-refractivity contribution in [1.82, 2.24) is 14.1 Å². The van der Waals surface area contributed by atoms with Crippen molar-refractivity contribution in [3.63, 3.8) is 0 Å². The summed E-state index contributed by atoms with van der Waals surface area (Å²) in [5.74, 6) is -1.52. The molecular formula is C29H43F2N3O3S. The number of amides is 1. The third-order valence-electron chi connectivity index (χ3n) is 8.84. The van der Waals surface area contributed by atoms with Gasteiger partial charge in [0.15, 0.2) is 0 Å². The maximum Gasteiger partial charge on any atom is 0.226 e. The Morgan fingerprint density at radius 2 is 1.74 bits per heavy atom. The van der Waals surface area contributed by atoms with E-state index < -0.39 is 27.6 Å². The molecule has 0 aromatic heterocycles. The summed E-state index contributed by atoms with van der Waals surface area (Å²) < 4.78 is 54.9. The van der Waals surface area contributed by atoms with Gasteiger partial charge in [0, 0.05) is 62.7 Å². The highest BCUT2D eigenvalue weighted by Gasteiger charge is 2.41. The minimum Gasteiger partial charge on any atom is -0.340 e. The van der Waals surface area contributed by atoms with Gasteiger partial charge in [-0.25, -0.2) is 17.2 Å². The van der Waals surface area contributed by atoms with Crippen LogP contribution < -0.4 is 0 Å². The van der Waals surface area contributed by atoms with Gasteiger partial charge in [-0.05, 0) is 57.1 Å². The fourth-order valence-corrected chi connectivity index (χ4v) is 8.07. The molecule has 1 heterocycles. The average molecular weight is 552 g/mol. The smallest absolute Gasteiger partial charge is 0.226 e. The molecule has 1 aliphatic heterocycles. The van der Waals surface area contributed by atoms with E-state index in [1.165, 1.54) is 37.7 Å². The molecule has 1 aromatic carbocycles. The van der Waals surface area contributed by atoms with Crippen LogP contribution in [0.2, 0.25) is 0 Å². The molecule has 3 fully saturated rings. The number of carbonyl (C=O) groups is 1. The lowest BCUT2D eigenvalue weighted by Gasteiger charge is -2.45. The van der Waals surface area contributed by atoms with Crippen molar-refractivity contribution in [3.05, 3.63) is 47.5 Å². The lowest BCUT2D eigenvalue weighted by atomic mass is 9.82. The van der Waals surface area contributed by atoms with Crippen LogP contribution in [0.3, 0.4) is 0 Å². The van der Waals surface area contributed by atoms with Crippen molar-refractivity contribution >= 4 is 15.9 Å². The zero-order valence-electron chi connectivity index (χ0n) is 23.0. The van der Waals surface area contributed by atoms with E-state index in [-0.39, 0.29) is 23.9 Å². The second-order valence-corrected chi connectivity index (χ2v) is 13.7. The normalized spacial score (nSPS) is 24.9. The van der Waals surface area contributed by atoms with Gasteiger partial charge < -0.3 is 4.90 Å². The van der Waals surface area contributed by atoms with Crippen LogP contribution in [0.25, 0.3) is 0 Å². The number of allylic oxidation sites excluding steroid dienone is 1. The number of benzene rings is 1. The summed E-state index contributed by atoms with van der Waals surface area (Å²) in [5.41, 5.74) is 1.30. The summed E-state index contributed by atoms with van der Waals surface area (Å²) >= 11 is 0. The molecule has 212 valence electrons. The van der Waals surface area contributed by atoms with Crippen LogP contribution in [0.4, 0.5) is 8.78 Å². The molecule has 0 radical (unpaired) electrons. The maximum atomic E-state index is 14.6. The van der Waals surface area contributed by atoms with Gasteiger partial charge in [-0.3, -0.25) is 9.69 Å². The molecular weight excluding hydrogens is 508 g/mol. The van der Waals surface area contributed by atoms with Gasteiger partial charge in [0.1, 0.15) is 11.6 Å². The van der Waals surface area contributed by atoms with E-state index in [0.717, 1.165) is 24.5 Å². The van der Waals surface area contributed by atoms with Crippen LogP contribution in [0.15, 0.2) is 30.4 Å². The second kappa shape index (κ2) is 12.1. The number of rotatable bonds is 8. The lowest BCUT2D eigenvalue weighted by Crippen LogP contribution is -2.58. The Hall–Kier alpha value is -1.84. The van der Waals surface area contributed by atoms with E-state index in [1.54, 1.807) is 4.31 Å². The summed E-state index contributed by atoms with van der Waals surface area (Å²) in [6, 6.07) is 3.61. The quantitative estimate of drug-likeness (QED) is 0.437. The van der Waals surface area contributed by atoms with E-state index in [9.17, 15) is 22.0 Å². The topological polar surface area (TPSA) is 60.9 Å². The molecule has 1 amide bonds. The minimum atomic E-state index is -3.34. The minimum absolute atomic E-state index is 0.00573. The maximum absolute atomic E-state index is 14.6. The molecule has 2 saturated carbocycles. The highest BCUT2D eigenvalue weighted by molar-refractivity contribution is 7.88. The van der Waals surface area contributed by atoms with Crippen LogP contribution in [0, 0.1) is 23.5 Å². The number of hydrogen-bond acceptors (Lipinski definition) is 4. The lowest BCUT2D eigenvalue weighted by molar-refractivity contribution is -0.138. The van der Waals surface area contributed by atoms with Gasteiger partial charge in [0.2, 0.25) is 15.9 Å². The fraction of sp³-hybridized carbons (Fsp3) is 0.690. The Kier molecular flexibility index (Phi) is 9.30. The van der Waals surface area contributed by atoms with Gasteiger partial charge in [0.05, 0.1) is 6.26 Å². The number of nitrogens with zero attached hydrogens (tertiary/aromatic N) is 3. The zero-order valence-corrected chi connectivity index (χ0v) is 23.9. The molecule has 9 heteroatoms. The van der Waals surface area contributed by atoms with Crippen molar-refractivity contribution in [1.29, 1.82) is 0 Å². The molecule has 3 atom stereocenters. The van der Waals surface area contributed by atoms with Crippen molar-refractivity contribution in [2.75, 3.05) is 39.0 Å². The van der Waals surface area contributed by atoms with Crippen LogP contribution in [-0.2, 0) is 14.8 Å². The highest BCUT2D eigenvalue weighted by Crippen LogP contribution is 2.44. The summed E-state index contributed by atoms with van der Waals surface area (Å²) in [6.45, 7) is 10.9. The number of piperazine rings is 1. The molecule has 1 aromatic rings. The molecule has 1 unspecified atom stereocenters. The summed E-state index contributed by atoms with van der Waals surface area (Å²) in [5, 5.41) is 0. The fourth-order valence-electron chi connectivity index (χ4n) is 6.88. The second-order valence-electron chi connectivity index (χ2n) is 11.8. The standard InChI is InChI=1S/C29H43F2N3O3S/c1-20(2)34(38(4,36)37)19-28(22-8-6-5-7-9-22)32-12-14-33(15-13-32)29(35)26-17-21(3)16-25(26)24-11-10-23(30)18-27(24)31/h10-11,18,20,22,25-26,28H,3,5-9,12-17,19H2,1-2,4H3/t25-,26+,28?/m0/s1. The zero-order chi connectivity index (χ0) is 27.6. The first kappa shape index (κ1) is 29.2. The summed E-state index contributed by atoms with van der Waals surface area (Å²) in [4.78, 5) is 17.9. The molecule has 0 N–H and O–H groups in total. The van der Waals surface area contributed by atoms with Crippen molar-refractivity contribution in [3.8, 4) is 0 Å². The summed E-state index contributed by atoms with van der Waals surface area (Å²) in [7, 11) is -3.34. The average Bonchev–Trinajstić information content (AvgIpc) is 3.25. The molecule has 3 aliphatic rings. The van der Waals surface area contributed by atoms with Crippen molar-refractivity contribution in [2.45, 2.75) is 76.8 Å². The third-order valence-corrected chi connectivity index (χ3v) is 10.3. The number of hydrogen-bond donors (Lipinski definition) is 0. The van der Waals surface area contributed by atoms with E-state index in [4.69, 9.17) is 0 Å². The molecule has 38 heavy (non-hydrogen) atoms. The molecule has 4 rings (SSSR count). The first-order chi connectivity index (χ1) is 18.0.